The molecule has 2 aromatic carbocycles. The molecule has 0 aliphatic rings. The van der Waals surface area contributed by atoms with Crippen molar-refractivity contribution in [2.75, 3.05) is 0 Å². The number of aromatic hydroxyl groups is 1. The molecule has 4 rings (SSSR count). The van der Waals surface area contributed by atoms with Gasteiger partial charge in [0.05, 0.1) is 28.2 Å². The number of benzene rings is 2. The highest BCUT2D eigenvalue weighted by Gasteiger charge is 2.24. The maximum atomic E-state index is 13.3. The minimum atomic E-state index is -0.276. The fraction of sp³-hybridized carbons (Fsp3) is 0.0952. The van der Waals surface area contributed by atoms with E-state index in [9.17, 15) is 9.90 Å². The Hall–Kier alpha value is -3.47. The highest BCUT2D eigenvalue weighted by molar-refractivity contribution is 6.14. The van der Waals surface area contributed by atoms with E-state index in [1.54, 1.807) is 22.7 Å². The lowest BCUT2D eigenvalue weighted by Gasteiger charge is -2.14. The number of aryl methyl sites for hydroxylation is 2. The maximum Gasteiger partial charge on any atom is 0.200 e. The third kappa shape index (κ3) is 2.54. The van der Waals surface area contributed by atoms with Gasteiger partial charge in [-0.05, 0) is 26.0 Å². The predicted molar refractivity (Wildman–Crippen MR) is 99.4 cm³/mol. The Kier molecular flexibility index (Phi) is 3.77. The minimum Gasteiger partial charge on any atom is -0.507 e. The molecule has 2 heterocycles. The van der Waals surface area contributed by atoms with Gasteiger partial charge in [0.25, 0.3) is 0 Å². The van der Waals surface area contributed by atoms with Crippen LogP contribution in [0.25, 0.3) is 16.9 Å². The Morgan fingerprint density at radius 1 is 1.00 bits per heavy atom. The fourth-order valence-corrected chi connectivity index (χ4v) is 3.17. The molecule has 128 valence electrons. The lowest BCUT2D eigenvalue weighted by molar-refractivity contribution is 0.103. The average Bonchev–Trinajstić information content (AvgIpc) is 3.00. The van der Waals surface area contributed by atoms with Crippen LogP contribution in [0.3, 0.4) is 0 Å². The second-order valence-corrected chi connectivity index (χ2v) is 6.19. The number of nitrogens with zero attached hydrogens (tertiary/aromatic N) is 3. The highest BCUT2D eigenvalue weighted by atomic mass is 16.3. The van der Waals surface area contributed by atoms with E-state index in [1.807, 2.05) is 50.2 Å². The Morgan fingerprint density at radius 3 is 2.42 bits per heavy atom. The number of hydrogen-bond acceptors (Lipinski definition) is 4. The van der Waals surface area contributed by atoms with Gasteiger partial charge in [-0.2, -0.15) is 5.10 Å². The molecule has 0 aliphatic carbocycles. The molecular formula is C21H17N3O2. The number of ketones is 1. The van der Waals surface area contributed by atoms with Crippen molar-refractivity contribution in [3.05, 3.63) is 83.2 Å². The van der Waals surface area contributed by atoms with Crippen LogP contribution in [0.1, 0.15) is 27.3 Å². The number of carbonyl (C=O) groups is 1. The van der Waals surface area contributed by atoms with E-state index >= 15 is 0 Å². The summed E-state index contributed by atoms with van der Waals surface area (Å²) in [5, 5.41) is 14.7. The molecule has 0 fully saturated rings. The van der Waals surface area contributed by atoms with Crippen LogP contribution in [-0.4, -0.2) is 25.5 Å². The molecule has 0 radical (unpaired) electrons. The summed E-state index contributed by atoms with van der Waals surface area (Å²) in [7, 11) is 0. The summed E-state index contributed by atoms with van der Waals surface area (Å²) in [5.41, 5.74) is 4.34. The molecular weight excluding hydrogens is 326 g/mol. The van der Waals surface area contributed by atoms with E-state index in [-0.39, 0.29) is 17.1 Å². The van der Waals surface area contributed by atoms with Gasteiger partial charge >= 0.3 is 0 Å². The van der Waals surface area contributed by atoms with Gasteiger partial charge in [0, 0.05) is 11.6 Å². The van der Waals surface area contributed by atoms with Crippen molar-refractivity contribution in [1.29, 1.82) is 0 Å². The number of aromatic nitrogens is 3. The first kappa shape index (κ1) is 16.0. The number of para-hydroxylation sites is 1. The molecule has 0 unspecified atom stereocenters. The van der Waals surface area contributed by atoms with Gasteiger partial charge in [0.15, 0.2) is 5.65 Å². The first-order chi connectivity index (χ1) is 12.6. The zero-order valence-corrected chi connectivity index (χ0v) is 14.5. The van der Waals surface area contributed by atoms with Crippen LogP contribution in [0.15, 0.2) is 60.7 Å². The van der Waals surface area contributed by atoms with Crippen LogP contribution in [-0.2, 0) is 0 Å². The first-order valence-electron chi connectivity index (χ1n) is 8.31. The molecule has 0 aliphatic heterocycles. The molecule has 0 spiro atoms. The van der Waals surface area contributed by atoms with Crippen molar-refractivity contribution in [2.24, 2.45) is 0 Å². The topological polar surface area (TPSA) is 67.5 Å². The summed E-state index contributed by atoms with van der Waals surface area (Å²) in [5.74, 6) is -0.324. The van der Waals surface area contributed by atoms with Gasteiger partial charge in [-0.25, -0.2) is 9.50 Å². The van der Waals surface area contributed by atoms with Gasteiger partial charge in [-0.1, -0.05) is 42.5 Å². The SMILES string of the molecule is Cc1cc2nc(C)c(C(=O)c3ccccc3O)c(-c3ccccc3)n2n1. The van der Waals surface area contributed by atoms with Crippen LogP contribution >= 0.6 is 0 Å². The zero-order chi connectivity index (χ0) is 18.3. The molecule has 4 aromatic rings. The van der Waals surface area contributed by atoms with E-state index < -0.39 is 0 Å². The van der Waals surface area contributed by atoms with Crippen molar-refractivity contribution >= 4 is 11.4 Å². The third-order valence-electron chi connectivity index (χ3n) is 4.33. The van der Waals surface area contributed by atoms with Gasteiger partial charge in [-0.3, -0.25) is 4.79 Å². The normalized spacial score (nSPS) is 11.0. The van der Waals surface area contributed by atoms with Gasteiger partial charge in [-0.15, -0.1) is 0 Å². The first-order valence-corrected chi connectivity index (χ1v) is 8.31. The highest BCUT2D eigenvalue weighted by Crippen LogP contribution is 2.30. The Labute approximate surface area is 150 Å². The summed E-state index contributed by atoms with van der Waals surface area (Å²) in [6, 6.07) is 18.1. The average molecular weight is 343 g/mol. The summed E-state index contributed by atoms with van der Waals surface area (Å²) in [4.78, 5) is 17.8. The van der Waals surface area contributed by atoms with E-state index in [0.717, 1.165) is 11.3 Å². The lowest BCUT2D eigenvalue weighted by Crippen LogP contribution is -2.12. The Morgan fingerprint density at radius 2 is 1.69 bits per heavy atom. The zero-order valence-electron chi connectivity index (χ0n) is 14.5. The van der Waals surface area contributed by atoms with E-state index in [2.05, 4.69) is 10.1 Å². The van der Waals surface area contributed by atoms with Crippen molar-refractivity contribution in [3.63, 3.8) is 0 Å². The van der Waals surface area contributed by atoms with Crippen LogP contribution in [0.2, 0.25) is 0 Å². The lowest BCUT2D eigenvalue weighted by atomic mass is 9.96. The number of carbonyl (C=O) groups excluding carboxylic acids is 1. The number of phenols is 1. The quantitative estimate of drug-likeness (QED) is 0.572. The Bertz CT molecular complexity index is 1130. The largest absolute Gasteiger partial charge is 0.507 e. The van der Waals surface area contributed by atoms with Crippen LogP contribution in [0, 0.1) is 13.8 Å². The van der Waals surface area contributed by atoms with Crippen molar-refractivity contribution in [1.82, 2.24) is 14.6 Å². The predicted octanol–water partition coefficient (Wildman–Crippen LogP) is 3.95. The smallest absolute Gasteiger partial charge is 0.200 e. The van der Waals surface area contributed by atoms with Crippen molar-refractivity contribution < 1.29 is 9.90 Å². The van der Waals surface area contributed by atoms with E-state index in [0.29, 0.717) is 22.6 Å². The molecule has 0 bridgehead atoms. The van der Waals surface area contributed by atoms with Crippen LogP contribution in [0.5, 0.6) is 5.75 Å². The fourth-order valence-electron chi connectivity index (χ4n) is 3.17. The summed E-state index contributed by atoms with van der Waals surface area (Å²) in [6.45, 7) is 3.70. The Balaban J connectivity index is 2.07. The molecule has 0 amide bonds. The van der Waals surface area contributed by atoms with E-state index in [4.69, 9.17) is 0 Å². The van der Waals surface area contributed by atoms with Crippen molar-refractivity contribution in [2.45, 2.75) is 13.8 Å². The molecule has 0 saturated carbocycles. The van der Waals surface area contributed by atoms with Gasteiger partial charge in [0.1, 0.15) is 5.75 Å². The summed E-state index contributed by atoms with van der Waals surface area (Å²) < 4.78 is 1.70. The van der Waals surface area contributed by atoms with Crippen LogP contribution in [0.4, 0.5) is 0 Å². The second kappa shape index (κ2) is 6.11. The third-order valence-corrected chi connectivity index (χ3v) is 4.33. The number of hydrogen-bond donors (Lipinski definition) is 1. The summed E-state index contributed by atoms with van der Waals surface area (Å²) >= 11 is 0. The number of rotatable bonds is 3. The molecule has 0 atom stereocenters. The van der Waals surface area contributed by atoms with Gasteiger partial charge in [0.2, 0.25) is 5.78 Å². The molecule has 2 aromatic heterocycles. The molecule has 5 nitrogen and oxygen atoms in total. The monoisotopic (exact) mass is 343 g/mol. The standard InChI is InChI=1S/C21H17N3O2/c1-13-12-18-22-14(2)19(21(26)16-10-6-7-11-17(16)25)20(24(18)23-13)15-8-4-3-5-9-15/h3-12,25H,1-2H3. The maximum absolute atomic E-state index is 13.3. The second-order valence-electron chi connectivity index (χ2n) is 6.19. The molecule has 0 saturated heterocycles. The molecule has 1 N–H and O–H groups in total. The van der Waals surface area contributed by atoms with Gasteiger partial charge < -0.3 is 5.11 Å². The van der Waals surface area contributed by atoms with E-state index in [1.165, 1.54) is 6.07 Å². The van der Waals surface area contributed by atoms with Crippen LogP contribution < -0.4 is 0 Å². The minimum absolute atomic E-state index is 0.0485. The van der Waals surface area contributed by atoms with Crippen molar-refractivity contribution in [3.8, 4) is 17.0 Å². The number of phenolic OH excluding ortho intramolecular Hbond substituents is 1. The molecule has 26 heavy (non-hydrogen) atoms. The summed E-state index contributed by atoms with van der Waals surface area (Å²) in [6.07, 6.45) is 0. The molecule has 5 heteroatoms. The number of fused-ring (bicyclic) bond motifs is 1.